The van der Waals surface area contributed by atoms with Crippen molar-refractivity contribution in [1.82, 2.24) is 4.98 Å². The van der Waals surface area contributed by atoms with Crippen molar-refractivity contribution >= 4 is 56.8 Å². The van der Waals surface area contributed by atoms with E-state index in [-0.39, 0.29) is 11.1 Å². The summed E-state index contributed by atoms with van der Waals surface area (Å²) in [6.45, 7) is 0. The largest absolute Gasteiger partial charge is 0.478 e. The van der Waals surface area contributed by atoms with E-state index in [0.717, 1.165) is 22.3 Å². The van der Waals surface area contributed by atoms with Crippen molar-refractivity contribution in [3.63, 3.8) is 0 Å². The van der Waals surface area contributed by atoms with Crippen LogP contribution in [0.15, 0.2) is 134 Å². The Morgan fingerprint density at radius 1 is 0.591 bits per heavy atom. The zero-order chi connectivity index (χ0) is 30.9. The van der Waals surface area contributed by atoms with Crippen LogP contribution < -0.4 is 14.8 Å². The molecule has 0 atom stereocenters. The van der Waals surface area contributed by atoms with Crippen LogP contribution in [0.2, 0.25) is 0 Å². The fourth-order valence-corrected chi connectivity index (χ4v) is 4.93. The highest BCUT2D eigenvalue weighted by molar-refractivity contribution is 14.1. The van der Waals surface area contributed by atoms with Gasteiger partial charge < -0.3 is 25.0 Å². The minimum Gasteiger partial charge on any atom is -0.478 e. The molecular formula is C35H25IN2O6. The molecule has 0 fully saturated rings. The van der Waals surface area contributed by atoms with Gasteiger partial charge in [0.2, 0.25) is 0 Å². The van der Waals surface area contributed by atoms with E-state index in [1.165, 1.54) is 6.07 Å². The lowest BCUT2D eigenvalue weighted by molar-refractivity contribution is 0.0686. The molecule has 6 rings (SSSR count). The molecule has 0 aliphatic heterocycles. The number of carbonyl (C=O) groups is 2. The van der Waals surface area contributed by atoms with Crippen molar-refractivity contribution in [1.29, 1.82) is 0 Å². The monoisotopic (exact) mass is 696 g/mol. The Balaban J connectivity index is 0.000000195. The number of fused-ring (bicyclic) bond motifs is 1. The molecule has 6 aromatic rings. The van der Waals surface area contributed by atoms with Crippen LogP contribution in [-0.4, -0.2) is 27.1 Å². The fraction of sp³-hybridized carbons (Fsp3) is 0. The number of para-hydroxylation sites is 3. The number of hydrogen-bond acceptors (Lipinski definition) is 6. The van der Waals surface area contributed by atoms with Gasteiger partial charge in [-0.15, -0.1) is 0 Å². The summed E-state index contributed by atoms with van der Waals surface area (Å²) in [5.74, 6) is 0.634. The minimum atomic E-state index is -1.02. The molecule has 0 radical (unpaired) electrons. The number of aromatic carboxylic acids is 2. The van der Waals surface area contributed by atoms with Crippen LogP contribution in [0.4, 0.5) is 11.4 Å². The van der Waals surface area contributed by atoms with Crippen molar-refractivity contribution in [2.24, 2.45) is 0 Å². The number of carboxylic acids is 2. The van der Waals surface area contributed by atoms with E-state index in [9.17, 15) is 14.7 Å². The second-order valence-corrected chi connectivity index (χ2v) is 10.5. The third kappa shape index (κ3) is 7.69. The Labute approximate surface area is 266 Å². The van der Waals surface area contributed by atoms with E-state index in [0.29, 0.717) is 26.5 Å². The van der Waals surface area contributed by atoms with Gasteiger partial charge in [-0.1, -0.05) is 54.6 Å². The number of carboxylic acid groups (broad SMARTS) is 2. The lowest BCUT2D eigenvalue weighted by Gasteiger charge is -2.13. The minimum absolute atomic E-state index is 0.156. The first-order valence-electron chi connectivity index (χ1n) is 13.3. The summed E-state index contributed by atoms with van der Waals surface area (Å²) in [5.41, 5.74) is 2.38. The first-order chi connectivity index (χ1) is 21.4. The van der Waals surface area contributed by atoms with Crippen molar-refractivity contribution in [2.75, 3.05) is 5.32 Å². The zero-order valence-corrected chi connectivity index (χ0v) is 25.2. The lowest BCUT2D eigenvalue weighted by atomic mass is 10.1. The first-order valence-corrected chi connectivity index (χ1v) is 14.4. The standard InChI is InChI=1S/C22H16N2O3.C13H9IO3/c25-22(26)18-12-11-17(27-16-8-2-1-3-9-16)14-20(18)24-19-10-4-6-15-7-5-13-23-21(15)19;14-12-8-10(6-7-11(12)13(15)16)17-9-4-2-1-3-5-9/h1-14,24H,(H,25,26);1-8H,(H,15,16). The number of rotatable bonds is 8. The van der Waals surface area contributed by atoms with Gasteiger partial charge in [-0.3, -0.25) is 4.98 Å². The van der Waals surface area contributed by atoms with Crippen molar-refractivity contribution in [3.8, 4) is 23.0 Å². The topological polar surface area (TPSA) is 118 Å². The summed E-state index contributed by atoms with van der Waals surface area (Å²) in [5, 5.41) is 22.6. The highest BCUT2D eigenvalue weighted by Gasteiger charge is 2.14. The van der Waals surface area contributed by atoms with Gasteiger partial charge >= 0.3 is 11.9 Å². The lowest BCUT2D eigenvalue weighted by Crippen LogP contribution is -2.03. The normalized spacial score (nSPS) is 10.3. The smallest absolute Gasteiger partial charge is 0.337 e. The van der Waals surface area contributed by atoms with Gasteiger partial charge in [0, 0.05) is 21.2 Å². The van der Waals surface area contributed by atoms with Crippen molar-refractivity contribution in [3.05, 3.63) is 148 Å². The Morgan fingerprint density at radius 2 is 1.16 bits per heavy atom. The van der Waals surface area contributed by atoms with Crippen LogP contribution in [0, 0.1) is 3.57 Å². The van der Waals surface area contributed by atoms with Crippen LogP contribution >= 0.6 is 22.6 Å². The van der Waals surface area contributed by atoms with Gasteiger partial charge in [0.05, 0.1) is 28.0 Å². The molecule has 44 heavy (non-hydrogen) atoms. The van der Waals surface area contributed by atoms with Gasteiger partial charge in [-0.25, -0.2) is 9.59 Å². The molecular weight excluding hydrogens is 671 g/mol. The van der Waals surface area contributed by atoms with E-state index in [4.69, 9.17) is 14.6 Å². The molecule has 8 nitrogen and oxygen atoms in total. The molecule has 0 bridgehead atoms. The van der Waals surface area contributed by atoms with Crippen LogP contribution in [0.3, 0.4) is 0 Å². The number of benzene rings is 5. The molecule has 5 aromatic carbocycles. The second kappa shape index (κ2) is 14.2. The summed E-state index contributed by atoms with van der Waals surface area (Å²) in [4.78, 5) is 26.9. The van der Waals surface area contributed by atoms with Gasteiger partial charge in [0.1, 0.15) is 23.0 Å². The zero-order valence-electron chi connectivity index (χ0n) is 23.1. The maximum Gasteiger partial charge on any atom is 0.337 e. The van der Waals surface area contributed by atoms with Crippen LogP contribution in [-0.2, 0) is 0 Å². The van der Waals surface area contributed by atoms with Crippen LogP contribution in [0.25, 0.3) is 10.9 Å². The predicted molar refractivity (Wildman–Crippen MR) is 178 cm³/mol. The molecule has 0 aliphatic rings. The molecule has 0 spiro atoms. The third-order valence-corrected chi connectivity index (χ3v) is 7.14. The Bertz CT molecular complexity index is 1910. The van der Waals surface area contributed by atoms with E-state index in [1.807, 2.05) is 114 Å². The maximum absolute atomic E-state index is 11.6. The number of halogens is 1. The number of nitrogens with zero attached hydrogens (tertiary/aromatic N) is 1. The molecule has 0 aliphatic carbocycles. The average molecular weight is 696 g/mol. The quantitative estimate of drug-likeness (QED) is 0.135. The van der Waals surface area contributed by atoms with Gasteiger partial charge in [0.25, 0.3) is 0 Å². The molecule has 0 amide bonds. The number of nitrogens with one attached hydrogen (secondary N) is 1. The van der Waals surface area contributed by atoms with E-state index < -0.39 is 11.9 Å². The van der Waals surface area contributed by atoms with E-state index in [2.05, 4.69) is 10.3 Å². The molecule has 3 N–H and O–H groups in total. The number of hydrogen-bond donors (Lipinski definition) is 3. The molecule has 9 heteroatoms. The van der Waals surface area contributed by atoms with Gasteiger partial charge in [-0.2, -0.15) is 0 Å². The summed E-state index contributed by atoms with van der Waals surface area (Å²) in [6, 6.07) is 38.0. The summed E-state index contributed by atoms with van der Waals surface area (Å²) in [7, 11) is 0. The average Bonchev–Trinajstić information content (AvgIpc) is 3.02. The SMILES string of the molecule is O=C(O)c1ccc(Oc2ccccc2)cc1I.O=C(O)c1ccc(Oc2ccccc2)cc1Nc1cccc2cccnc12. The third-order valence-electron chi connectivity index (χ3n) is 6.25. The van der Waals surface area contributed by atoms with Crippen molar-refractivity contribution in [2.45, 2.75) is 0 Å². The van der Waals surface area contributed by atoms with Crippen LogP contribution in [0.1, 0.15) is 20.7 Å². The highest BCUT2D eigenvalue weighted by atomic mass is 127. The maximum atomic E-state index is 11.6. The van der Waals surface area contributed by atoms with E-state index in [1.54, 1.807) is 36.5 Å². The molecule has 0 unspecified atom stereocenters. The van der Waals surface area contributed by atoms with E-state index >= 15 is 0 Å². The number of ether oxygens (including phenoxy) is 2. The Kier molecular flexibility index (Phi) is 9.68. The molecule has 0 saturated heterocycles. The second-order valence-electron chi connectivity index (χ2n) is 9.30. The fourth-order valence-electron chi connectivity index (χ4n) is 4.21. The Hall–Kier alpha value is -5.42. The summed E-state index contributed by atoms with van der Waals surface area (Å²) < 4.78 is 12.1. The molecule has 218 valence electrons. The van der Waals surface area contributed by atoms with Gasteiger partial charge in [-0.05, 0) is 89.3 Å². The number of anilines is 2. The summed E-state index contributed by atoms with van der Waals surface area (Å²) in [6.07, 6.45) is 1.71. The number of aromatic nitrogens is 1. The van der Waals surface area contributed by atoms with Crippen LogP contribution in [0.5, 0.6) is 23.0 Å². The highest BCUT2D eigenvalue weighted by Crippen LogP contribution is 2.31. The van der Waals surface area contributed by atoms with Gasteiger partial charge in [0.15, 0.2) is 0 Å². The molecule has 1 aromatic heterocycles. The molecule has 0 saturated carbocycles. The predicted octanol–water partition coefficient (Wildman–Crippen LogP) is 9.25. The number of pyridine rings is 1. The Morgan fingerprint density at radius 3 is 1.75 bits per heavy atom. The summed E-state index contributed by atoms with van der Waals surface area (Å²) >= 11 is 1.98. The first kappa shape index (κ1) is 30.1. The van der Waals surface area contributed by atoms with Crippen molar-refractivity contribution < 1.29 is 29.3 Å². The molecule has 1 heterocycles.